The summed E-state index contributed by atoms with van der Waals surface area (Å²) in [5.74, 6) is -0.279. The molecule has 1 saturated heterocycles. The first kappa shape index (κ1) is 30.4. The quantitative estimate of drug-likeness (QED) is 0.249. The third-order valence-electron chi connectivity index (χ3n) is 7.26. The molecule has 0 aliphatic carbocycles. The van der Waals surface area contributed by atoms with E-state index in [-0.39, 0.29) is 37.1 Å². The number of piperidine rings is 1. The molecule has 0 bridgehead atoms. The van der Waals surface area contributed by atoms with Crippen LogP contribution in [0.25, 0.3) is 0 Å². The highest BCUT2D eigenvalue weighted by Gasteiger charge is 2.21. The summed E-state index contributed by atoms with van der Waals surface area (Å²) < 4.78 is 29.7. The third-order valence-corrected chi connectivity index (χ3v) is 7.26. The number of rotatable bonds is 7. The number of hydrogen-bond acceptors (Lipinski definition) is 5. The normalized spacial score (nSPS) is 15.2. The van der Waals surface area contributed by atoms with Crippen LogP contribution in [0.3, 0.4) is 0 Å². The molecule has 0 amide bonds. The fourth-order valence-electron chi connectivity index (χ4n) is 4.79. The lowest BCUT2D eigenvalue weighted by Gasteiger charge is -2.29. The van der Waals surface area contributed by atoms with Gasteiger partial charge in [0.1, 0.15) is 17.3 Å². The van der Waals surface area contributed by atoms with E-state index in [1.54, 1.807) is 23.0 Å². The van der Waals surface area contributed by atoms with E-state index in [0.29, 0.717) is 5.69 Å². The smallest absolute Gasteiger partial charge is 0.168 e. The first-order valence-electron chi connectivity index (χ1n) is 13.0. The number of nitrogens with zero attached hydrogens (tertiary/aromatic N) is 6. The molecule has 3 heterocycles. The number of aromatic nitrogens is 4. The van der Waals surface area contributed by atoms with E-state index in [1.165, 1.54) is 30.5 Å². The topological polar surface area (TPSA) is 79.7 Å². The van der Waals surface area contributed by atoms with Crippen molar-refractivity contribution >= 4 is 6.29 Å². The first-order valence-corrected chi connectivity index (χ1v) is 13.0. The van der Waals surface area contributed by atoms with Crippen LogP contribution >= 0.6 is 0 Å². The molecule has 0 unspecified atom stereocenters. The lowest BCUT2D eigenvalue weighted by atomic mass is 9.98. The van der Waals surface area contributed by atoms with Crippen LogP contribution in [0.2, 0.25) is 0 Å². The van der Waals surface area contributed by atoms with Crippen molar-refractivity contribution in [3.63, 3.8) is 0 Å². The number of carbonyl (C=O) groups excluding carboxylic acids is 1. The van der Waals surface area contributed by atoms with Gasteiger partial charge in [0.2, 0.25) is 0 Å². The predicted molar refractivity (Wildman–Crippen MR) is 151 cm³/mol. The standard InChI is InChI=1S/C18H21FN4.C12H11FN2O.CH4/c1-14(16-2-4-17(19)5-3-16)23-13-21-11-18(23)12-22-8-6-15(10-20)7-9-22;1-9(10-2-4-11(13)5-3-10)15-8-14-6-12(15)7-16;/h2-5,11,13-15H,6-9,12H2,1H3;2-9H,1H3;1H4/t14-;9-;/m11./s1. The van der Waals surface area contributed by atoms with Crippen LogP contribution in [0.4, 0.5) is 8.78 Å². The maximum atomic E-state index is 13.1. The Kier molecular flexibility index (Phi) is 10.9. The number of nitriles is 1. The number of halogens is 2. The van der Waals surface area contributed by atoms with Crippen LogP contribution in [0.15, 0.2) is 73.6 Å². The van der Waals surface area contributed by atoms with E-state index < -0.39 is 0 Å². The first-order chi connectivity index (χ1) is 18.9. The molecule has 1 fully saturated rings. The monoisotopic (exact) mass is 546 g/mol. The van der Waals surface area contributed by atoms with Crippen molar-refractivity contribution in [1.29, 1.82) is 5.26 Å². The second kappa shape index (κ2) is 14.3. The van der Waals surface area contributed by atoms with Crippen LogP contribution < -0.4 is 0 Å². The molecular formula is C31H36F2N6O. The minimum atomic E-state index is -0.266. The average Bonchev–Trinajstić information content (AvgIpc) is 3.63. The van der Waals surface area contributed by atoms with Crippen LogP contribution in [0.5, 0.6) is 0 Å². The van der Waals surface area contributed by atoms with Gasteiger partial charge in [-0.15, -0.1) is 0 Å². The van der Waals surface area contributed by atoms with E-state index >= 15 is 0 Å². The Bertz CT molecular complexity index is 1380. The minimum absolute atomic E-state index is 0. The molecule has 5 rings (SSSR count). The summed E-state index contributed by atoms with van der Waals surface area (Å²) in [5, 5.41) is 8.99. The maximum Gasteiger partial charge on any atom is 0.168 e. The van der Waals surface area contributed by atoms with Gasteiger partial charge < -0.3 is 9.13 Å². The molecule has 0 radical (unpaired) electrons. The fraction of sp³-hybridized carbons (Fsp3) is 0.355. The Morgan fingerprint density at radius 3 is 1.93 bits per heavy atom. The largest absolute Gasteiger partial charge is 0.326 e. The van der Waals surface area contributed by atoms with Gasteiger partial charge in [-0.2, -0.15) is 5.26 Å². The van der Waals surface area contributed by atoms with Crippen molar-refractivity contribution < 1.29 is 13.6 Å². The Morgan fingerprint density at radius 1 is 0.900 bits per heavy atom. The highest BCUT2D eigenvalue weighted by atomic mass is 19.1. The molecule has 0 N–H and O–H groups in total. The van der Waals surface area contributed by atoms with Gasteiger partial charge in [0.25, 0.3) is 0 Å². The molecule has 7 nitrogen and oxygen atoms in total. The molecule has 2 aromatic carbocycles. The van der Waals surface area contributed by atoms with Crippen molar-refractivity contribution in [3.05, 3.63) is 108 Å². The number of imidazole rings is 2. The number of aldehydes is 1. The summed E-state index contributed by atoms with van der Waals surface area (Å²) >= 11 is 0. The molecule has 2 aromatic heterocycles. The van der Waals surface area contributed by atoms with Gasteiger partial charge in [0, 0.05) is 18.7 Å². The van der Waals surface area contributed by atoms with E-state index in [9.17, 15) is 13.6 Å². The number of carbonyl (C=O) groups is 1. The second-order valence-electron chi connectivity index (χ2n) is 9.77. The van der Waals surface area contributed by atoms with Gasteiger partial charge in [-0.1, -0.05) is 31.7 Å². The Labute approximate surface area is 234 Å². The average molecular weight is 547 g/mol. The van der Waals surface area contributed by atoms with E-state index in [0.717, 1.165) is 55.6 Å². The summed E-state index contributed by atoms with van der Waals surface area (Å²) in [7, 11) is 0. The zero-order valence-corrected chi connectivity index (χ0v) is 22.1. The van der Waals surface area contributed by atoms with E-state index in [2.05, 4.69) is 32.4 Å². The van der Waals surface area contributed by atoms with Crippen molar-refractivity contribution in [2.24, 2.45) is 5.92 Å². The lowest BCUT2D eigenvalue weighted by molar-refractivity contribution is 0.111. The van der Waals surface area contributed by atoms with Gasteiger partial charge in [-0.05, 0) is 75.2 Å². The Balaban J connectivity index is 0.000000229. The molecule has 0 spiro atoms. The fourth-order valence-corrected chi connectivity index (χ4v) is 4.79. The minimum Gasteiger partial charge on any atom is -0.326 e. The summed E-state index contributed by atoms with van der Waals surface area (Å²) in [6.07, 6.45) is 9.48. The second-order valence-corrected chi connectivity index (χ2v) is 9.77. The molecular weight excluding hydrogens is 510 g/mol. The zero-order chi connectivity index (χ0) is 27.8. The van der Waals surface area contributed by atoms with Crippen LogP contribution in [-0.4, -0.2) is 43.4 Å². The van der Waals surface area contributed by atoms with Gasteiger partial charge >= 0.3 is 0 Å². The van der Waals surface area contributed by atoms with E-state index in [4.69, 9.17) is 5.26 Å². The molecule has 210 valence electrons. The van der Waals surface area contributed by atoms with Crippen molar-refractivity contribution in [2.75, 3.05) is 13.1 Å². The number of benzene rings is 2. The van der Waals surface area contributed by atoms with Crippen LogP contribution in [-0.2, 0) is 6.54 Å². The highest BCUT2D eigenvalue weighted by Crippen LogP contribution is 2.23. The molecule has 1 aliphatic rings. The van der Waals surface area contributed by atoms with E-state index in [1.807, 2.05) is 31.6 Å². The zero-order valence-electron chi connectivity index (χ0n) is 22.1. The molecule has 0 saturated carbocycles. The summed E-state index contributed by atoms with van der Waals surface area (Å²) in [4.78, 5) is 21.3. The molecule has 4 aromatic rings. The van der Waals surface area contributed by atoms with Crippen LogP contribution in [0, 0.1) is 28.9 Å². The van der Waals surface area contributed by atoms with Gasteiger partial charge in [0.15, 0.2) is 6.29 Å². The van der Waals surface area contributed by atoms with Crippen molar-refractivity contribution in [1.82, 2.24) is 24.0 Å². The molecule has 1 aliphatic heterocycles. The van der Waals surface area contributed by atoms with Crippen LogP contribution in [0.1, 0.15) is 73.5 Å². The summed E-state index contributed by atoms with van der Waals surface area (Å²) in [6.45, 7) is 6.77. The van der Waals surface area contributed by atoms with Gasteiger partial charge in [-0.25, -0.2) is 18.7 Å². The predicted octanol–water partition coefficient (Wildman–Crippen LogP) is 6.45. The maximum absolute atomic E-state index is 13.1. The van der Waals surface area contributed by atoms with Crippen molar-refractivity contribution in [2.45, 2.75) is 52.7 Å². The summed E-state index contributed by atoms with van der Waals surface area (Å²) in [6, 6.07) is 15.3. The Morgan fingerprint density at radius 2 is 1.40 bits per heavy atom. The SMILES string of the molecule is C.C[C@H](c1ccc(F)cc1)n1cncc1C=O.C[C@H](c1ccc(F)cc1)n1cncc1CN1CCC(C#N)CC1. The Hall–Kier alpha value is -4.16. The summed E-state index contributed by atoms with van der Waals surface area (Å²) in [5.41, 5.74) is 3.66. The third kappa shape index (κ3) is 7.48. The van der Waals surface area contributed by atoms with Gasteiger partial charge in [0.05, 0.1) is 42.7 Å². The van der Waals surface area contributed by atoms with Crippen molar-refractivity contribution in [3.8, 4) is 6.07 Å². The molecule has 9 heteroatoms. The number of likely N-dealkylation sites (tertiary alicyclic amines) is 1. The molecule has 2 atom stereocenters. The lowest BCUT2D eigenvalue weighted by Crippen LogP contribution is -2.33. The number of hydrogen-bond donors (Lipinski definition) is 0. The highest BCUT2D eigenvalue weighted by molar-refractivity contribution is 5.71. The molecule has 40 heavy (non-hydrogen) atoms. The van der Waals surface area contributed by atoms with Gasteiger partial charge in [-0.3, -0.25) is 9.69 Å².